The minimum absolute atomic E-state index is 0.0499. The molecule has 0 aliphatic rings. The van der Waals surface area contributed by atoms with Gasteiger partial charge in [-0.2, -0.15) is 0 Å². The van der Waals surface area contributed by atoms with Gasteiger partial charge in [0.1, 0.15) is 0 Å². The van der Waals surface area contributed by atoms with Gasteiger partial charge in [0.2, 0.25) is 0 Å². The number of hydrogen-bond donors (Lipinski definition) is 1. The minimum atomic E-state index is -0.414. The molecule has 0 radical (unpaired) electrons. The maximum Gasteiger partial charge on any atom is 0.275 e. The first-order valence-corrected chi connectivity index (χ1v) is 6.07. The van der Waals surface area contributed by atoms with Crippen molar-refractivity contribution in [1.82, 2.24) is 5.32 Å². The van der Waals surface area contributed by atoms with Crippen molar-refractivity contribution in [3.63, 3.8) is 0 Å². The normalized spacial score (nSPS) is 12.4. The molecule has 1 aromatic carbocycles. The lowest BCUT2D eigenvalue weighted by Gasteiger charge is -2.13. The Kier molecular flexibility index (Phi) is 6.04. The van der Waals surface area contributed by atoms with Crippen molar-refractivity contribution in [3.8, 4) is 0 Å². The molecule has 0 aliphatic heterocycles. The van der Waals surface area contributed by atoms with Crippen LogP contribution in [-0.4, -0.2) is 24.7 Å². The van der Waals surface area contributed by atoms with Gasteiger partial charge in [0, 0.05) is 43.0 Å². The van der Waals surface area contributed by atoms with Crippen LogP contribution in [0.2, 0.25) is 5.02 Å². The van der Waals surface area contributed by atoms with Crippen LogP contribution in [0.3, 0.4) is 0 Å². The molecule has 0 amide bonds. The number of halogens is 1. The third kappa shape index (κ3) is 4.60. The molecule has 6 heteroatoms. The van der Waals surface area contributed by atoms with Crippen LogP contribution in [0.25, 0.3) is 0 Å². The SMILES string of the molecule is COCCC(C)NCc1ccc(Cl)cc1[N+](=O)[O-]. The van der Waals surface area contributed by atoms with E-state index in [0.29, 0.717) is 23.7 Å². The Bertz CT molecular complexity index is 412. The van der Waals surface area contributed by atoms with Crippen LogP contribution in [0.4, 0.5) is 5.69 Å². The summed E-state index contributed by atoms with van der Waals surface area (Å²) in [4.78, 5) is 10.5. The highest BCUT2D eigenvalue weighted by atomic mass is 35.5. The maximum atomic E-state index is 10.9. The Labute approximate surface area is 111 Å². The predicted molar refractivity (Wildman–Crippen MR) is 70.9 cm³/mol. The Morgan fingerprint density at radius 2 is 2.28 bits per heavy atom. The predicted octanol–water partition coefficient (Wildman–Crippen LogP) is 2.76. The third-order valence-electron chi connectivity index (χ3n) is 2.64. The highest BCUT2D eigenvalue weighted by molar-refractivity contribution is 6.30. The lowest BCUT2D eigenvalue weighted by Crippen LogP contribution is -2.26. The molecule has 0 saturated carbocycles. The van der Waals surface area contributed by atoms with Crippen molar-refractivity contribution in [2.24, 2.45) is 0 Å². The van der Waals surface area contributed by atoms with E-state index >= 15 is 0 Å². The molecule has 1 unspecified atom stereocenters. The van der Waals surface area contributed by atoms with E-state index < -0.39 is 4.92 Å². The maximum absolute atomic E-state index is 10.9. The number of benzene rings is 1. The molecule has 0 aromatic heterocycles. The van der Waals surface area contributed by atoms with Crippen molar-refractivity contribution in [3.05, 3.63) is 38.9 Å². The molecule has 0 bridgehead atoms. The van der Waals surface area contributed by atoms with E-state index in [4.69, 9.17) is 16.3 Å². The summed E-state index contributed by atoms with van der Waals surface area (Å²) in [5.41, 5.74) is 0.683. The van der Waals surface area contributed by atoms with Gasteiger partial charge < -0.3 is 10.1 Å². The van der Waals surface area contributed by atoms with Gasteiger partial charge in [-0.1, -0.05) is 11.6 Å². The van der Waals surface area contributed by atoms with Gasteiger partial charge in [0.05, 0.1) is 4.92 Å². The molecule has 1 aromatic rings. The van der Waals surface area contributed by atoms with E-state index in [0.717, 1.165) is 6.42 Å². The molecule has 1 atom stereocenters. The molecule has 0 spiro atoms. The highest BCUT2D eigenvalue weighted by Gasteiger charge is 2.14. The van der Waals surface area contributed by atoms with Crippen LogP contribution >= 0.6 is 11.6 Å². The van der Waals surface area contributed by atoms with Gasteiger partial charge in [-0.3, -0.25) is 10.1 Å². The molecule has 100 valence electrons. The molecule has 0 saturated heterocycles. The van der Waals surface area contributed by atoms with Crippen molar-refractivity contribution >= 4 is 17.3 Å². The van der Waals surface area contributed by atoms with Gasteiger partial charge in [-0.15, -0.1) is 0 Å². The third-order valence-corrected chi connectivity index (χ3v) is 2.88. The number of rotatable bonds is 7. The Balaban J connectivity index is 2.64. The molecule has 1 rings (SSSR count). The fourth-order valence-corrected chi connectivity index (χ4v) is 1.70. The number of nitrogens with zero attached hydrogens (tertiary/aromatic N) is 1. The van der Waals surface area contributed by atoms with Crippen LogP contribution in [0.5, 0.6) is 0 Å². The second kappa shape index (κ2) is 7.31. The van der Waals surface area contributed by atoms with E-state index in [9.17, 15) is 10.1 Å². The summed E-state index contributed by atoms with van der Waals surface area (Å²) in [7, 11) is 1.65. The number of nitro groups is 1. The van der Waals surface area contributed by atoms with Crippen LogP contribution in [0.1, 0.15) is 18.9 Å². The lowest BCUT2D eigenvalue weighted by molar-refractivity contribution is -0.385. The first-order chi connectivity index (χ1) is 8.54. The van der Waals surface area contributed by atoms with Gasteiger partial charge in [-0.25, -0.2) is 0 Å². The highest BCUT2D eigenvalue weighted by Crippen LogP contribution is 2.23. The zero-order valence-electron chi connectivity index (χ0n) is 10.5. The number of ether oxygens (including phenoxy) is 1. The van der Waals surface area contributed by atoms with Gasteiger partial charge >= 0.3 is 0 Å². The number of nitro benzene ring substituents is 1. The molecule has 5 nitrogen and oxygen atoms in total. The Hall–Kier alpha value is -1.17. The molecule has 0 heterocycles. The zero-order chi connectivity index (χ0) is 13.5. The van der Waals surface area contributed by atoms with Gasteiger partial charge in [-0.05, 0) is 25.5 Å². The summed E-state index contributed by atoms with van der Waals surface area (Å²) in [6.45, 7) is 3.12. The van der Waals surface area contributed by atoms with Crippen LogP contribution in [-0.2, 0) is 11.3 Å². The lowest BCUT2D eigenvalue weighted by atomic mass is 10.1. The first kappa shape index (κ1) is 14.9. The van der Waals surface area contributed by atoms with E-state index in [1.54, 1.807) is 19.2 Å². The summed E-state index contributed by atoms with van der Waals surface area (Å²) < 4.78 is 4.98. The first-order valence-electron chi connectivity index (χ1n) is 5.69. The monoisotopic (exact) mass is 272 g/mol. The summed E-state index contributed by atoms with van der Waals surface area (Å²) >= 11 is 5.75. The van der Waals surface area contributed by atoms with Crippen molar-refractivity contribution in [2.75, 3.05) is 13.7 Å². The molecule has 1 N–H and O–H groups in total. The number of hydrogen-bond acceptors (Lipinski definition) is 4. The number of methoxy groups -OCH3 is 1. The molecule has 0 fully saturated rings. The van der Waals surface area contributed by atoms with Crippen LogP contribution in [0.15, 0.2) is 18.2 Å². The number of nitrogens with one attached hydrogen (secondary N) is 1. The van der Waals surface area contributed by atoms with E-state index in [2.05, 4.69) is 5.32 Å². The second-order valence-electron chi connectivity index (χ2n) is 4.09. The Morgan fingerprint density at radius 3 is 2.89 bits per heavy atom. The van der Waals surface area contributed by atoms with Crippen molar-refractivity contribution < 1.29 is 9.66 Å². The van der Waals surface area contributed by atoms with E-state index in [-0.39, 0.29) is 11.7 Å². The summed E-state index contributed by atoms with van der Waals surface area (Å²) in [5, 5.41) is 14.5. The molecular weight excluding hydrogens is 256 g/mol. The van der Waals surface area contributed by atoms with Gasteiger partial charge in [0.25, 0.3) is 5.69 Å². The zero-order valence-corrected chi connectivity index (χ0v) is 11.2. The van der Waals surface area contributed by atoms with E-state index in [1.807, 2.05) is 6.92 Å². The fraction of sp³-hybridized carbons (Fsp3) is 0.500. The molecule has 18 heavy (non-hydrogen) atoms. The fourth-order valence-electron chi connectivity index (χ4n) is 1.54. The summed E-state index contributed by atoms with van der Waals surface area (Å²) in [6.07, 6.45) is 0.859. The van der Waals surface area contributed by atoms with E-state index in [1.165, 1.54) is 6.07 Å². The van der Waals surface area contributed by atoms with Crippen molar-refractivity contribution in [1.29, 1.82) is 0 Å². The summed E-state index contributed by atoms with van der Waals surface area (Å²) in [6, 6.07) is 4.94. The molecule has 0 aliphatic carbocycles. The standard InChI is InChI=1S/C12H17ClN2O3/c1-9(5-6-18-2)14-8-10-3-4-11(13)7-12(10)15(16)17/h3-4,7,9,14H,5-6,8H2,1-2H3. The largest absolute Gasteiger partial charge is 0.385 e. The average Bonchev–Trinajstić information content (AvgIpc) is 2.34. The topological polar surface area (TPSA) is 64.4 Å². The minimum Gasteiger partial charge on any atom is -0.385 e. The Morgan fingerprint density at radius 1 is 1.56 bits per heavy atom. The summed E-state index contributed by atoms with van der Waals surface area (Å²) in [5.74, 6) is 0. The average molecular weight is 273 g/mol. The van der Waals surface area contributed by atoms with Gasteiger partial charge in [0.15, 0.2) is 0 Å². The molecular formula is C12H17ClN2O3. The van der Waals surface area contributed by atoms with Crippen LogP contribution in [0, 0.1) is 10.1 Å². The van der Waals surface area contributed by atoms with Crippen LogP contribution < -0.4 is 5.32 Å². The smallest absolute Gasteiger partial charge is 0.275 e. The van der Waals surface area contributed by atoms with Crippen molar-refractivity contribution in [2.45, 2.75) is 25.9 Å². The quantitative estimate of drug-likeness (QED) is 0.612. The second-order valence-corrected chi connectivity index (χ2v) is 4.53.